The number of anilines is 1. The molecule has 1 saturated carbocycles. The number of aromatic amines is 1. The summed E-state index contributed by atoms with van der Waals surface area (Å²) in [5.41, 5.74) is 1.90. The number of hydrogen-bond donors (Lipinski definition) is 2. The molecule has 5 nitrogen and oxygen atoms in total. The Kier molecular flexibility index (Phi) is 3.44. The number of H-pyrrole nitrogens is 1. The monoisotopic (exact) mass is 273 g/mol. The summed E-state index contributed by atoms with van der Waals surface area (Å²) in [7, 11) is 1.74. The van der Waals surface area contributed by atoms with Gasteiger partial charge in [0.05, 0.1) is 11.7 Å². The molecular weight excluding hydrogens is 254 g/mol. The summed E-state index contributed by atoms with van der Waals surface area (Å²) in [6.45, 7) is 1.68. The molecule has 0 aromatic carbocycles. The second-order valence-corrected chi connectivity index (χ2v) is 5.56. The summed E-state index contributed by atoms with van der Waals surface area (Å²) < 4.78 is 5.17. The molecule has 2 heterocycles. The second kappa shape index (κ2) is 5.25. The van der Waals surface area contributed by atoms with E-state index in [4.69, 9.17) is 4.74 Å². The van der Waals surface area contributed by atoms with Crippen LogP contribution in [-0.4, -0.2) is 30.2 Å². The molecule has 0 spiro atoms. The van der Waals surface area contributed by atoms with Crippen LogP contribution >= 0.6 is 0 Å². The number of pyridine rings is 2. The van der Waals surface area contributed by atoms with Crippen LogP contribution in [0.1, 0.15) is 19.3 Å². The summed E-state index contributed by atoms with van der Waals surface area (Å²) in [5, 5.41) is 4.44. The Hall–Kier alpha value is -1.88. The van der Waals surface area contributed by atoms with E-state index >= 15 is 0 Å². The van der Waals surface area contributed by atoms with E-state index in [0.717, 1.165) is 36.2 Å². The van der Waals surface area contributed by atoms with Gasteiger partial charge < -0.3 is 15.0 Å². The predicted octanol–water partition coefficient (Wildman–Crippen LogP) is 2.15. The van der Waals surface area contributed by atoms with E-state index in [1.807, 2.05) is 6.07 Å². The van der Waals surface area contributed by atoms with Gasteiger partial charge in [0.2, 0.25) is 0 Å². The van der Waals surface area contributed by atoms with Crippen LogP contribution in [0.2, 0.25) is 0 Å². The predicted molar refractivity (Wildman–Crippen MR) is 79.0 cm³/mol. The van der Waals surface area contributed by atoms with Crippen LogP contribution in [0.3, 0.4) is 0 Å². The third-order valence-corrected chi connectivity index (χ3v) is 4.09. The fraction of sp³-hybridized carbons (Fsp3) is 0.467. The number of methoxy groups -OCH3 is 1. The second-order valence-electron chi connectivity index (χ2n) is 5.56. The Bertz CT molecular complexity index is 661. The van der Waals surface area contributed by atoms with Gasteiger partial charge >= 0.3 is 0 Å². The summed E-state index contributed by atoms with van der Waals surface area (Å²) in [4.78, 5) is 18.5. The van der Waals surface area contributed by atoms with E-state index in [0.29, 0.717) is 5.41 Å². The van der Waals surface area contributed by atoms with Crippen molar-refractivity contribution in [2.45, 2.75) is 19.3 Å². The number of fused-ring (bicyclic) bond motifs is 1. The standard InChI is InChI=1S/C15H19N3O2/c1-20-7-5-15(3-4-15)10-17-12-8-14(19)18-13-9-16-6-2-11(12)13/h2,6,8-9H,3-5,7,10H2,1H3,(H2,17,18,19). The van der Waals surface area contributed by atoms with Gasteiger partial charge in [-0.25, -0.2) is 0 Å². The van der Waals surface area contributed by atoms with Crippen LogP contribution in [0.5, 0.6) is 0 Å². The normalized spacial score (nSPS) is 16.2. The van der Waals surface area contributed by atoms with Crippen molar-refractivity contribution in [3.05, 3.63) is 34.9 Å². The Balaban J connectivity index is 1.79. The van der Waals surface area contributed by atoms with Crippen LogP contribution in [-0.2, 0) is 4.74 Å². The molecule has 0 amide bonds. The minimum Gasteiger partial charge on any atom is -0.385 e. The highest BCUT2D eigenvalue weighted by Gasteiger charge is 2.41. The van der Waals surface area contributed by atoms with E-state index < -0.39 is 0 Å². The van der Waals surface area contributed by atoms with Gasteiger partial charge in [0.1, 0.15) is 0 Å². The molecule has 0 saturated heterocycles. The zero-order valence-electron chi connectivity index (χ0n) is 11.6. The largest absolute Gasteiger partial charge is 0.385 e. The third-order valence-electron chi connectivity index (χ3n) is 4.09. The van der Waals surface area contributed by atoms with Crippen molar-refractivity contribution < 1.29 is 4.74 Å². The summed E-state index contributed by atoms with van der Waals surface area (Å²) in [5.74, 6) is 0. The molecule has 3 rings (SSSR count). The number of hydrogen-bond acceptors (Lipinski definition) is 4. The topological polar surface area (TPSA) is 67.0 Å². The van der Waals surface area contributed by atoms with Crippen LogP contribution in [0.4, 0.5) is 5.69 Å². The van der Waals surface area contributed by atoms with Crippen LogP contribution < -0.4 is 10.9 Å². The number of rotatable bonds is 6. The minimum absolute atomic E-state index is 0.102. The fourth-order valence-corrected chi connectivity index (χ4v) is 2.55. The molecule has 106 valence electrons. The SMILES string of the molecule is COCCC1(CNc2cc(=O)[nH]c3cnccc23)CC1. The maximum absolute atomic E-state index is 11.7. The van der Waals surface area contributed by atoms with E-state index in [1.165, 1.54) is 12.8 Å². The van der Waals surface area contributed by atoms with E-state index in [-0.39, 0.29) is 5.56 Å². The number of aromatic nitrogens is 2. The molecule has 0 bridgehead atoms. The average molecular weight is 273 g/mol. The molecule has 0 unspecified atom stereocenters. The first-order chi connectivity index (χ1) is 9.72. The number of nitrogens with zero attached hydrogens (tertiary/aromatic N) is 1. The molecule has 2 aromatic rings. The van der Waals surface area contributed by atoms with Crippen LogP contribution in [0, 0.1) is 5.41 Å². The van der Waals surface area contributed by atoms with Gasteiger partial charge in [0, 0.05) is 43.6 Å². The van der Waals surface area contributed by atoms with Gasteiger partial charge in [0.25, 0.3) is 5.56 Å². The van der Waals surface area contributed by atoms with Gasteiger partial charge in [0.15, 0.2) is 0 Å². The van der Waals surface area contributed by atoms with Crippen molar-refractivity contribution in [3.63, 3.8) is 0 Å². The lowest BCUT2D eigenvalue weighted by Gasteiger charge is -2.17. The summed E-state index contributed by atoms with van der Waals surface area (Å²) >= 11 is 0. The smallest absolute Gasteiger partial charge is 0.250 e. The molecular formula is C15H19N3O2. The van der Waals surface area contributed by atoms with Gasteiger partial charge in [-0.15, -0.1) is 0 Å². The molecule has 0 radical (unpaired) electrons. The lowest BCUT2D eigenvalue weighted by atomic mass is 10.0. The third kappa shape index (κ3) is 2.67. The van der Waals surface area contributed by atoms with Crippen LogP contribution in [0.25, 0.3) is 10.9 Å². The minimum atomic E-state index is -0.102. The summed E-state index contributed by atoms with van der Waals surface area (Å²) in [6, 6.07) is 3.54. The van der Waals surface area contributed by atoms with Crippen LogP contribution in [0.15, 0.2) is 29.3 Å². The lowest BCUT2D eigenvalue weighted by molar-refractivity contribution is 0.175. The van der Waals surface area contributed by atoms with Crippen molar-refractivity contribution in [1.82, 2.24) is 9.97 Å². The van der Waals surface area contributed by atoms with Crippen molar-refractivity contribution in [2.75, 3.05) is 25.6 Å². The van der Waals surface area contributed by atoms with Crippen molar-refractivity contribution in [1.29, 1.82) is 0 Å². The fourth-order valence-electron chi connectivity index (χ4n) is 2.55. The van der Waals surface area contributed by atoms with Gasteiger partial charge in [-0.1, -0.05) is 0 Å². The molecule has 0 atom stereocenters. The molecule has 1 aliphatic rings. The first-order valence-electron chi connectivity index (χ1n) is 6.92. The molecule has 1 fully saturated rings. The first kappa shape index (κ1) is 13.1. The van der Waals surface area contributed by atoms with E-state index in [9.17, 15) is 4.79 Å². The number of nitrogens with one attached hydrogen (secondary N) is 2. The maximum atomic E-state index is 11.7. The zero-order valence-corrected chi connectivity index (χ0v) is 11.6. The van der Waals surface area contributed by atoms with Crippen molar-refractivity contribution >= 4 is 16.6 Å². The Morgan fingerprint density at radius 3 is 3.10 bits per heavy atom. The lowest BCUT2D eigenvalue weighted by Crippen LogP contribution is -2.18. The van der Waals surface area contributed by atoms with E-state index in [1.54, 1.807) is 25.6 Å². The van der Waals surface area contributed by atoms with E-state index in [2.05, 4.69) is 15.3 Å². The Labute approximate surface area is 117 Å². The molecule has 0 aliphatic heterocycles. The molecule has 1 aliphatic carbocycles. The summed E-state index contributed by atoms with van der Waals surface area (Å²) in [6.07, 6.45) is 6.95. The highest BCUT2D eigenvalue weighted by Crippen LogP contribution is 2.48. The van der Waals surface area contributed by atoms with Gasteiger partial charge in [-0.05, 0) is 30.7 Å². The average Bonchev–Trinajstić information content (AvgIpc) is 3.23. The molecule has 20 heavy (non-hydrogen) atoms. The quantitative estimate of drug-likeness (QED) is 0.846. The first-order valence-corrected chi connectivity index (χ1v) is 6.92. The van der Waals surface area contributed by atoms with Crippen molar-refractivity contribution in [2.24, 2.45) is 5.41 Å². The van der Waals surface area contributed by atoms with Gasteiger partial charge in [-0.3, -0.25) is 9.78 Å². The van der Waals surface area contributed by atoms with Crippen molar-refractivity contribution in [3.8, 4) is 0 Å². The highest BCUT2D eigenvalue weighted by atomic mass is 16.5. The maximum Gasteiger partial charge on any atom is 0.250 e. The molecule has 5 heteroatoms. The Morgan fingerprint density at radius 1 is 1.50 bits per heavy atom. The Morgan fingerprint density at radius 2 is 2.35 bits per heavy atom. The molecule has 2 aromatic heterocycles. The molecule has 2 N–H and O–H groups in total. The zero-order chi connectivity index (χ0) is 14.0. The number of ether oxygens (including phenoxy) is 1. The highest BCUT2D eigenvalue weighted by molar-refractivity contribution is 5.90. The van der Waals surface area contributed by atoms with Gasteiger partial charge in [-0.2, -0.15) is 0 Å².